The van der Waals surface area contributed by atoms with Gasteiger partial charge in [0.25, 0.3) is 0 Å². The highest BCUT2D eigenvalue weighted by atomic mass is 32.2. The highest BCUT2D eigenvalue weighted by Gasteiger charge is 2.20. The third-order valence-corrected chi connectivity index (χ3v) is 4.49. The molecular weight excluding hydrogens is 282 g/mol. The smallest absolute Gasteiger partial charge is 0.315 e. The van der Waals surface area contributed by atoms with E-state index in [4.69, 9.17) is 4.74 Å². The molecule has 0 aliphatic carbocycles. The largest absolute Gasteiger partial charge is 0.465 e. The highest BCUT2D eigenvalue weighted by molar-refractivity contribution is 8.00. The number of hydrogen-bond acceptors (Lipinski definition) is 4. The molecule has 1 N–H and O–H groups in total. The van der Waals surface area contributed by atoms with Gasteiger partial charge in [-0.15, -0.1) is 11.8 Å². The minimum absolute atomic E-state index is 0.132. The molecule has 0 heterocycles. The van der Waals surface area contributed by atoms with Crippen LogP contribution in [0.3, 0.4) is 0 Å². The summed E-state index contributed by atoms with van der Waals surface area (Å²) in [7, 11) is 0. The number of rotatable bonds is 9. The zero-order valence-corrected chi connectivity index (χ0v) is 14.3. The number of ether oxygens (including phenoxy) is 1. The average molecular weight is 309 g/mol. The number of carbonyl (C=O) groups excluding carboxylic acids is 1. The van der Waals surface area contributed by atoms with Crippen molar-refractivity contribution >= 4 is 17.7 Å². The van der Waals surface area contributed by atoms with Gasteiger partial charge in [0.1, 0.15) is 0 Å². The van der Waals surface area contributed by atoms with E-state index < -0.39 is 0 Å². The van der Waals surface area contributed by atoms with Crippen LogP contribution < -0.4 is 5.32 Å². The molecule has 0 spiro atoms. The molecule has 2 unspecified atom stereocenters. The zero-order valence-electron chi connectivity index (χ0n) is 13.5. The molecule has 21 heavy (non-hydrogen) atoms. The Hall–Kier alpha value is -1.00. The Morgan fingerprint density at radius 2 is 1.95 bits per heavy atom. The van der Waals surface area contributed by atoms with E-state index in [-0.39, 0.29) is 12.0 Å². The summed E-state index contributed by atoms with van der Waals surface area (Å²) in [5.41, 5.74) is 2.54. The Labute approximate surface area is 132 Å². The average Bonchev–Trinajstić information content (AvgIpc) is 2.47. The summed E-state index contributed by atoms with van der Waals surface area (Å²) in [6.07, 6.45) is 1.09. The first-order chi connectivity index (χ1) is 10.1. The lowest BCUT2D eigenvalue weighted by Gasteiger charge is -2.25. The van der Waals surface area contributed by atoms with Gasteiger partial charge in [0.05, 0.1) is 12.4 Å². The van der Waals surface area contributed by atoms with E-state index in [2.05, 4.69) is 50.4 Å². The molecule has 118 valence electrons. The number of thioether (sulfide) groups is 1. The summed E-state index contributed by atoms with van der Waals surface area (Å²) in [6.45, 7) is 9.68. The second-order valence-electron chi connectivity index (χ2n) is 5.16. The Balaban J connectivity index is 2.67. The van der Waals surface area contributed by atoms with Crippen LogP contribution in [0.5, 0.6) is 0 Å². The molecule has 0 aliphatic heterocycles. The quantitative estimate of drug-likeness (QED) is 0.706. The molecule has 0 bridgehead atoms. The molecule has 0 amide bonds. The van der Waals surface area contributed by atoms with Crippen molar-refractivity contribution < 1.29 is 9.53 Å². The van der Waals surface area contributed by atoms with Crippen LogP contribution in [0.4, 0.5) is 0 Å². The van der Waals surface area contributed by atoms with Gasteiger partial charge in [0, 0.05) is 11.3 Å². The van der Waals surface area contributed by atoms with E-state index in [1.54, 1.807) is 11.8 Å². The first kappa shape index (κ1) is 18.1. The van der Waals surface area contributed by atoms with Crippen LogP contribution in [0, 0.1) is 6.92 Å². The molecule has 4 heteroatoms. The van der Waals surface area contributed by atoms with Gasteiger partial charge in [-0.25, -0.2) is 0 Å². The molecule has 0 saturated heterocycles. The van der Waals surface area contributed by atoms with Crippen molar-refractivity contribution in [3.8, 4) is 0 Å². The van der Waals surface area contributed by atoms with Crippen LogP contribution in [-0.2, 0) is 9.53 Å². The number of benzene rings is 1. The van der Waals surface area contributed by atoms with Crippen LogP contribution in [-0.4, -0.2) is 30.1 Å². The summed E-state index contributed by atoms with van der Waals surface area (Å²) in [5.74, 6) is 0.276. The first-order valence-corrected chi connectivity index (χ1v) is 8.70. The first-order valence-electron chi connectivity index (χ1n) is 7.65. The SMILES string of the molecule is CCCNC(c1ccc(C)cc1)C(C)SCC(=O)OCC. The molecule has 0 aliphatic rings. The number of aryl methyl sites for hydroxylation is 1. The van der Waals surface area contributed by atoms with Crippen LogP contribution >= 0.6 is 11.8 Å². The van der Waals surface area contributed by atoms with E-state index in [0.717, 1.165) is 13.0 Å². The third-order valence-electron chi connectivity index (χ3n) is 3.29. The number of esters is 1. The minimum Gasteiger partial charge on any atom is -0.465 e. The van der Waals surface area contributed by atoms with Gasteiger partial charge in [-0.3, -0.25) is 4.79 Å². The summed E-state index contributed by atoms with van der Waals surface area (Å²) in [4.78, 5) is 11.5. The summed E-state index contributed by atoms with van der Waals surface area (Å²) < 4.78 is 4.99. The number of hydrogen-bond donors (Lipinski definition) is 1. The van der Waals surface area contributed by atoms with Gasteiger partial charge in [-0.05, 0) is 32.4 Å². The molecule has 1 rings (SSSR count). The summed E-state index contributed by atoms with van der Waals surface area (Å²) in [6, 6.07) is 8.87. The normalized spacial score (nSPS) is 13.7. The molecular formula is C17H27NO2S. The lowest BCUT2D eigenvalue weighted by Crippen LogP contribution is -2.30. The maximum absolute atomic E-state index is 11.5. The molecule has 0 aromatic heterocycles. The molecule has 0 saturated carbocycles. The van der Waals surface area contributed by atoms with Crippen LogP contribution in [0.2, 0.25) is 0 Å². The second kappa shape index (κ2) is 9.85. The Morgan fingerprint density at radius 1 is 1.29 bits per heavy atom. The van der Waals surface area contributed by atoms with Gasteiger partial charge in [-0.1, -0.05) is 43.7 Å². The van der Waals surface area contributed by atoms with Gasteiger partial charge in [0.15, 0.2) is 0 Å². The zero-order chi connectivity index (χ0) is 15.7. The second-order valence-corrected chi connectivity index (χ2v) is 6.53. The third kappa shape index (κ3) is 6.53. The van der Waals surface area contributed by atoms with E-state index in [1.165, 1.54) is 11.1 Å². The molecule has 1 aromatic carbocycles. The Morgan fingerprint density at radius 3 is 2.52 bits per heavy atom. The van der Waals surface area contributed by atoms with Crippen LogP contribution in [0.25, 0.3) is 0 Å². The molecule has 3 nitrogen and oxygen atoms in total. The van der Waals surface area contributed by atoms with Crippen molar-refractivity contribution in [3.05, 3.63) is 35.4 Å². The maximum Gasteiger partial charge on any atom is 0.315 e. The van der Waals surface area contributed by atoms with Crippen molar-refractivity contribution in [3.63, 3.8) is 0 Å². The van der Waals surface area contributed by atoms with Crippen molar-refractivity contribution in [1.82, 2.24) is 5.32 Å². The lowest BCUT2D eigenvalue weighted by molar-refractivity contribution is -0.139. The fourth-order valence-electron chi connectivity index (χ4n) is 2.13. The Bertz CT molecular complexity index is 419. The van der Waals surface area contributed by atoms with Crippen molar-refractivity contribution in [1.29, 1.82) is 0 Å². The van der Waals surface area contributed by atoms with E-state index >= 15 is 0 Å². The fraction of sp³-hybridized carbons (Fsp3) is 0.588. The van der Waals surface area contributed by atoms with Crippen molar-refractivity contribution in [2.24, 2.45) is 0 Å². The van der Waals surface area contributed by atoms with E-state index in [0.29, 0.717) is 17.6 Å². The van der Waals surface area contributed by atoms with Crippen LogP contribution in [0.15, 0.2) is 24.3 Å². The van der Waals surface area contributed by atoms with Crippen molar-refractivity contribution in [2.45, 2.75) is 45.4 Å². The standard InChI is InChI=1S/C17H27NO2S/c1-5-11-18-17(15-9-7-13(3)8-10-15)14(4)21-12-16(19)20-6-2/h7-10,14,17-18H,5-6,11-12H2,1-4H3. The number of carbonyl (C=O) groups is 1. The minimum atomic E-state index is -0.132. The monoisotopic (exact) mass is 309 g/mol. The fourth-order valence-corrected chi connectivity index (χ4v) is 3.05. The Kier molecular flexibility index (Phi) is 8.47. The van der Waals surface area contributed by atoms with Crippen molar-refractivity contribution in [2.75, 3.05) is 18.9 Å². The van der Waals surface area contributed by atoms with Gasteiger partial charge in [-0.2, -0.15) is 0 Å². The molecule has 0 radical (unpaired) electrons. The highest BCUT2D eigenvalue weighted by Crippen LogP contribution is 2.27. The molecule has 0 fully saturated rings. The number of nitrogens with one attached hydrogen (secondary N) is 1. The van der Waals surface area contributed by atoms with Crippen LogP contribution in [0.1, 0.15) is 44.4 Å². The topological polar surface area (TPSA) is 38.3 Å². The van der Waals surface area contributed by atoms with Gasteiger partial charge < -0.3 is 10.1 Å². The summed E-state index contributed by atoms with van der Waals surface area (Å²) in [5, 5.41) is 3.90. The molecule has 1 aromatic rings. The predicted octanol–water partition coefficient (Wildman–Crippen LogP) is 3.72. The maximum atomic E-state index is 11.5. The lowest BCUT2D eigenvalue weighted by atomic mass is 10.0. The predicted molar refractivity (Wildman–Crippen MR) is 90.8 cm³/mol. The van der Waals surface area contributed by atoms with Gasteiger partial charge >= 0.3 is 5.97 Å². The summed E-state index contributed by atoms with van der Waals surface area (Å²) >= 11 is 1.64. The molecule has 2 atom stereocenters. The van der Waals surface area contributed by atoms with Gasteiger partial charge in [0.2, 0.25) is 0 Å². The van der Waals surface area contributed by atoms with E-state index in [1.807, 2.05) is 6.92 Å². The van der Waals surface area contributed by atoms with E-state index in [9.17, 15) is 4.79 Å².